The molecule has 0 aromatic rings. The number of rotatable bonds is 0. The molecule has 1 aliphatic rings. The maximum atomic E-state index is 12.1. The quantitative estimate of drug-likeness (QED) is 0.569. The van der Waals surface area contributed by atoms with Crippen LogP contribution >= 0.6 is 0 Å². The van der Waals surface area contributed by atoms with Gasteiger partial charge in [-0.3, -0.25) is 4.79 Å². The van der Waals surface area contributed by atoms with Gasteiger partial charge in [0.15, 0.2) is 0 Å². The molecular weight excluding hydrogens is 322 g/mol. The molecule has 0 aliphatic carbocycles. The summed E-state index contributed by atoms with van der Waals surface area (Å²) < 4.78 is 5.24. The second-order valence-electron chi connectivity index (χ2n) is 8.69. The zero-order valence-corrected chi connectivity index (χ0v) is 16.7. The van der Waals surface area contributed by atoms with Crippen molar-refractivity contribution in [2.45, 2.75) is 83.6 Å². The smallest absolute Gasteiger partial charge is 0.308 e. The van der Waals surface area contributed by atoms with Gasteiger partial charge in [-0.05, 0) is 59.4 Å². The average molecular weight is 360 g/mol. The fourth-order valence-corrected chi connectivity index (χ4v) is 3.69. The maximum absolute atomic E-state index is 12.1. The van der Waals surface area contributed by atoms with Crippen molar-refractivity contribution in [1.82, 2.24) is 4.90 Å². The molecule has 0 amide bonds. The van der Waals surface area contributed by atoms with E-state index in [9.17, 15) is 20.1 Å². The van der Waals surface area contributed by atoms with Gasteiger partial charge >= 0.3 is 5.97 Å². The molecule has 0 saturated carbocycles. The van der Waals surface area contributed by atoms with E-state index < -0.39 is 17.3 Å². The number of hydrogen-bond acceptors (Lipinski definition) is 6. The van der Waals surface area contributed by atoms with Crippen molar-refractivity contribution >= 4 is 5.97 Å². The molecule has 0 unspecified atom stereocenters. The number of esters is 1. The summed E-state index contributed by atoms with van der Waals surface area (Å²) in [6.45, 7) is 9.50. The molecule has 0 spiro atoms. The predicted octanol–water partition coefficient (Wildman–Crippen LogP) is 1.56. The van der Waals surface area contributed by atoms with E-state index in [0.29, 0.717) is 25.8 Å². The van der Waals surface area contributed by atoms with E-state index in [1.165, 1.54) is 6.92 Å². The lowest BCUT2D eigenvalue weighted by molar-refractivity contribution is -0.166. The van der Waals surface area contributed by atoms with Crippen LogP contribution in [0.5, 0.6) is 0 Å². The summed E-state index contributed by atoms with van der Waals surface area (Å²) in [5.74, 6) is -0.442. The van der Waals surface area contributed by atoms with E-state index in [0.717, 1.165) is 6.42 Å². The molecule has 6 atom stereocenters. The zero-order valence-electron chi connectivity index (χ0n) is 16.7. The van der Waals surface area contributed by atoms with Crippen molar-refractivity contribution < 1.29 is 24.9 Å². The molecule has 1 fully saturated rings. The Morgan fingerprint density at radius 2 is 1.80 bits per heavy atom. The summed E-state index contributed by atoms with van der Waals surface area (Å²) >= 11 is 0. The van der Waals surface area contributed by atoms with Crippen LogP contribution in [-0.4, -0.2) is 69.7 Å². The minimum Gasteiger partial charge on any atom is -0.462 e. The Hall–Kier alpha value is -0.690. The van der Waals surface area contributed by atoms with Gasteiger partial charge in [-0.15, -0.1) is 0 Å². The number of carbonyl (C=O) groups excluding carboxylic acids is 1. The lowest BCUT2D eigenvalue weighted by Gasteiger charge is -2.38. The summed E-state index contributed by atoms with van der Waals surface area (Å²) in [5.41, 5.74) is -2.30. The van der Waals surface area contributed by atoms with Crippen LogP contribution in [0, 0.1) is 11.8 Å². The summed E-state index contributed by atoms with van der Waals surface area (Å²) in [6, 6.07) is -0.316. The van der Waals surface area contributed by atoms with Gasteiger partial charge in [0.05, 0.1) is 11.5 Å². The molecule has 0 aromatic carbocycles. The van der Waals surface area contributed by atoms with E-state index in [4.69, 9.17) is 4.74 Å². The van der Waals surface area contributed by atoms with Crippen molar-refractivity contribution in [3.63, 3.8) is 0 Å². The predicted molar refractivity (Wildman–Crippen MR) is 97.1 cm³/mol. The van der Waals surface area contributed by atoms with Crippen LogP contribution in [-0.2, 0) is 9.53 Å². The van der Waals surface area contributed by atoms with Gasteiger partial charge in [-0.2, -0.15) is 0 Å². The zero-order chi connectivity index (χ0) is 19.4. The minimum absolute atomic E-state index is 0.233. The maximum Gasteiger partial charge on any atom is 0.308 e. The molecule has 1 aliphatic heterocycles. The molecule has 6 nitrogen and oxygen atoms in total. The summed E-state index contributed by atoms with van der Waals surface area (Å²) in [4.78, 5) is 14.1. The van der Waals surface area contributed by atoms with E-state index >= 15 is 0 Å². The fraction of sp³-hybridized carbons (Fsp3) is 0.947. The van der Waals surface area contributed by atoms with Crippen LogP contribution in [0.15, 0.2) is 0 Å². The summed E-state index contributed by atoms with van der Waals surface area (Å²) in [7, 11) is 1.89. The second-order valence-corrected chi connectivity index (χ2v) is 8.69. The average Bonchev–Trinajstić information content (AvgIpc) is 2.49. The first kappa shape index (κ1) is 22.4. The number of likely N-dealkylation sites (N-methyl/N-ethyl adjacent to an activating group) is 1. The van der Waals surface area contributed by atoms with E-state index in [1.807, 2.05) is 25.8 Å². The Bertz CT molecular complexity index is 438. The third-order valence-electron chi connectivity index (χ3n) is 5.44. The first-order valence-corrected chi connectivity index (χ1v) is 9.35. The summed E-state index contributed by atoms with van der Waals surface area (Å²) in [6.07, 6.45) is 1.59. The molecule has 148 valence electrons. The highest BCUT2D eigenvalue weighted by Gasteiger charge is 2.38. The Balaban J connectivity index is 2.95. The van der Waals surface area contributed by atoms with Gasteiger partial charge in [0, 0.05) is 12.6 Å². The normalized spacial score (nSPS) is 43.8. The third kappa shape index (κ3) is 6.85. The van der Waals surface area contributed by atoms with Crippen LogP contribution in [0.4, 0.5) is 0 Å². The molecule has 1 rings (SSSR count). The van der Waals surface area contributed by atoms with Crippen molar-refractivity contribution in [2.75, 3.05) is 20.2 Å². The number of nitrogens with zero attached hydrogens (tertiary/aromatic N) is 1. The number of carbonyl (C=O) groups is 1. The Kier molecular flexibility index (Phi) is 7.87. The molecule has 0 bridgehead atoms. The van der Waals surface area contributed by atoms with E-state index in [-0.39, 0.29) is 30.5 Å². The number of cyclic esters (lactones) is 1. The van der Waals surface area contributed by atoms with E-state index in [1.54, 1.807) is 6.92 Å². The highest BCUT2D eigenvalue weighted by Crippen LogP contribution is 2.26. The Labute approximate surface area is 152 Å². The highest BCUT2D eigenvalue weighted by atomic mass is 16.5. The topological polar surface area (TPSA) is 90.2 Å². The molecule has 1 heterocycles. The molecule has 25 heavy (non-hydrogen) atoms. The van der Waals surface area contributed by atoms with Crippen molar-refractivity contribution in [2.24, 2.45) is 11.8 Å². The van der Waals surface area contributed by atoms with Gasteiger partial charge in [-0.25, -0.2) is 0 Å². The van der Waals surface area contributed by atoms with Gasteiger partial charge < -0.3 is 25.0 Å². The van der Waals surface area contributed by atoms with Crippen LogP contribution in [0.1, 0.15) is 60.3 Å². The van der Waals surface area contributed by atoms with Crippen LogP contribution in [0.2, 0.25) is 0 Å². The van der Waals surface area contributed by atoms with Gasteiger partial charge in [0.2, 0.25) is 0 Å². The number of aliphatic hydroxyl groups is 3. The third-order valence-corrected chi connectivity index (χ3v) is 5.44. The van der Waals surface area contributed by atoms with Crippen LogP contribution < -0.4 is 0 Å². The lowest BCUT2D eigenvalue weighted by Crippen LogP contribution is -2.55. The SMILES string of the molecule is C[C@H]1CN(C)[C@H](C)[C@@H](O)[C@](C)(O)COC(=O)[C@H](C)CCC[C@](C)(O)C1. The van der Waals surface area contributed by atoms with Crippen LogP contribution in [0.25, 0.3) is 0 Å². The minimum atomic E-state index is -1.52. The monoisotopic (exact) mass is 359 g/mol. The first-order valence-electron chi connectivity index (χ1n) is 9.35. The number of hydrogen-bond donors (Lipinski definition) is 3. The van der Waals surface area contributed by atoms with Gasteiger partial charge in [0.1, 0.15) is 18.3 Å². The first-order chi connectivity index (χ1) is 11.4. The van der Waals surface area contributed by atoms with Gasteiger partial charge in [-0.1, -0.05) is 13.8 Å². The number of ether oxygens (including phenoxy) is 1. The standard InChI is InChI=1S/C19H37NO5/c1-13-10-18(4,23)9-7-8-14(2)17(22)25-12-19(5,24)16(21)15(3)20(6)11-13/h13-16,21,23-24H,7-12H2,1-6H3/t13-,14-,15-,16-,18+,19-/m1/s1. The van der Waals surface area contributed by atoms with E-state index in [2.05, 4.69) is 6.92 Å². The molecule has 1 saturated heterocycles. The van der Waals surface area contributed by atoms with Crippen molar-refractivity contribution in [3.8, 4) is 0 Å². The Morgan fingerprint density at radius 1 is 1.20 bits per heavy atom. The molecule has 0 aromatic heterocycles. The lowest BCUT2D eigenvalue weighted by atomic mass is 9.87. The second kappa shape index (κ2) is 8.80. The van der Waals surface area contributed by atoms with Gasteiger partial charge in [0.25, 0.3) is 0 Å². The van der Waals surface area contributed by atoms with Crippen molar-refractivity contribution in [1.29, 1.82) is 0 Å². The molecule has 0 radical (unpaired) electrons. The Morgan fingerprint density at radius 3 is 2.40 bits per heavy atom. The largest absolute Gasteiger partial charge is 0.462 e. The molecule has 3 N–H and O–H groups in total. The van der Waals surface area contributed by atoms with Crippen LogP contribution in [0.3, 0.4) is 0 Å². The number of aliphatic hydroxyl groups excluding tert-OH is 1. The van der Waals surface area contributed by atoms with Crippen molar-refractivity contribution in [3.05, 3.63) is 0 Å². The molecular formula is C19H37NO5. The highest BCUT2D eigenvalue weighted by molar-refractivity contribution is 5.71. The summed E-state index contributed by atoms with van der Waals surface area (Å²) in [5, 5.41) is 31.7. The fourth-order valence-electron chi connectivity index (χ4n) is 3.69. The molecule has 6 heteroatoms.